The van der Waals surface area contributed by atoms with Gasteiger partial charge in [0.25, 0.3) is 0 Å². The Balaban J connectivity index is 2.66. The predicted octanol–water partition coefficient (Wildman–Crippen LogP) is 2.38. The molecule has 1 atom stereocenters. The van der Waals surface area contributed by atoms with E-state index in [1.54, 1.807) is 0 Å². The molecule has 1 N–H and O–H groups in total. The van der Waals surface area contributed by atoms with Crippen LogP contribution in [0.15, 0.2) is 5.16 Å². The molecule has 98 valence electrons. The summed E-state index contributed by atoms with van der Waals surface area (Å²) in [6.45, 7) is 10.1. The van der Waals surface area contributed by atoms with Gasteiger partial charge in [0.2, 0.25) is 0 Å². The Kier molecular flexibility index (Phi) is 5.57. The van der Waals surface area contributed by atoms with Crippen molar-refractivity contribution in [1.29, 1.82) is 5.26 Å². The lowest BCUT2D eigenvalue weighted by atomic mass is 10.2. The van der Waals surface area contributed by atoms with Gasteiger partial charge in [0.05, 0.1) is 6.07 Å². The smallest absolute Gasteiger partial charge is 0.188 e. The summed E-state index contributed by atoms with van der Waals surface area (Å²) >= 11 is 1.52. The number of hydrogen-bond donors (Lipinski definition) is 1. The molecule has 0 radical (unpaired) electrons. The Hall–Kier alpha value is -1.12. The molecule has 0 aliphatic rings. The van der Waals surface area contributed by atoms with Gasteiger partial charge in [-0.3, -0.25) is 5.32 Å². The summed E-state index contributed by atoms with van der Waals surface area (Å²) in [5.74, 6) is 0.663. The van der Waals surface area contributed by atoms with E-state index in [1.807, 2.05) is 34.6 Å². The minimum absolute atomic E-state index is 0.166. The fourth-order valence-electron chi connectivity index (χ4n) is 1.49. The summed E-state index contributed by atoms with van der Waals surface area (Å²) in [7, 11) is 0. The molecule has 5 heteroatoms. The van der Waals surface area contributed by atoms with Crippen molar-refractivity contribution < 1.29 is 0 Å². The highest BCUT2D eigenvalue weighted by molar-refractivity contribution is 7.99. The molecular formula is C13H20N4S. The Bertz CT molecular complexity index is 428. The third kappa shape index (κ3) is 4.28. The highest BCUT2D eigenvalue weighted by Gasteiger charge is 2.11. The molecule has 0 fully saturated rings. The lowest BCUT2D eigenvalue weighted by molar-refractivity contribution is 0.560. The second kappa shape index (κ2) is 6.72. The molecule has 0 saturated heterocycles. The predicted molar refractivity (Wildman–Crippen MR) is 74.6 cm³/mol. The minimum atomic E-state index is -0.166. The third-order valence-corrected chi connectivity index (χ3v) is 3.62. The van der Waals surface area contributed by atoms with Crippen molar-refractivity contribution in [3.63, 3.8) is 0 Å². The largest absolute Gasteiger partial charge is 0.299 e. The second-order valence-electron chi connectivity index (χ2n) is 4.62. The quantitative estimate of drug-likeness (QED) is 0.653. The molecule has 0 saturated carbocycles. The minimum Gasteiger partial charge on any atom is -0.299 e. The number of aryl methyl sites for hydroxylation is 2. The van der Waals surface area contributed by atoms with Gasteiger partial charge in [0.15, 0.2) is 5.16 Å². The fourth-order valence-corrected chi connectivity index (χ4v) is 2.38. The molecule has 0 spiro atoms. The number of thioether (sulfide) groups is 1. The van der Waals surface area contributed by atoms with E-state index in [9.17, 15) is 0 Å². The van der Waals surface area contributed by atoms with Gasteiger partial charge in [-0.05, 0) is 40.2 Å². The highest BCUT2D eigenvalue weighted by atomic mass is 32.2. The summed E-state index contributed by atoms with van der Waals surface area (Å²) < 4.78 is 0. The third-order valence-electron chi connectivity index (χ3n) is 2.68. The maximum atomic E-state index is 9.04. The molecule has 1 heterocycles. The van der Waals surface area contributed by atoms with Crippen molar-refractivity contribution in [3.05, 3.63) is 17.0 Å². The van der Waals surface area contributed by atoms with Crippen LogP contribution in [0.25, 0.3) is 0 Å². The van der Waals surface area contributed by atoms with E-state index in [-0.39, 0.29) is 6.04 Å². The first-order chi connectivity index (χ1) is 8.43. The topological polar surface area (TPSA) is 61.6 Å². The van der Waals surface area contributed by atoms with Crippen LogP contribution in [-0.4, -0.2) is 27.8 Å². The molecule has 1 aromatic heterocycles. The fraction of sp³-hybridized carbons (Fsp3) is 0.615. The Morgan fingerprint density at radius 1 is 1.22 bits per heavy atom. The van der Waals surface area contributed by atoms with E-state index in [1.165, 1.54) is 11.8 Å². The normalized spacial score (nSPS) is 12.5. The molecule has 0 bridgehead atoms. The maximum absolute atomic E-state index is 9.04. The van der Waals surface area contributed by atoms with Gasteiger partial charge in [-0.25, -0.2) is 9.97 Å². The zero-order valence-corrected chi connectivity index (χ0v) is 12.4. The van der Waals surface area contributed by atoms with Gasteiger partial charge in [-0.1, -0.05) is 11.8 Å². The van der Waals surface area contributed by atoms with Crippen molar-refractivity contribution in [2.75, 3.05) is 5.75 Å². The molecule has 0 aliphatic carbocycles. The average molecular weight is 264 g/mol. The molecule has 1 aromatic rings. The molecule has 4 nitrogen and oxygen atoms in total. The van der Waals surface area contributed by atoms with Crippen LogP contribution >= 0.6 is 11.8 Å². The maximum Gasteiger partial charge on any atom is 0.188 e. The van der Waals surface area contributed by atoms with Crippen LogP contribution in [0, 0.1) is 32.1 Å². The summed E-state index contributed by atoms with van der Waals surface area (Å²) in [4.78, 5) is 8.87. The summed E-state index contributed by atoms with van der Waals surface area (Å²) in [5, 5.41) is 13.0. The number of hydrogen-bond acceptors (Lipinski definition) is 5. The van der Waals surface area contributed by atoms with Crippen molar-refractivity contribution in [2.24, 2.45) is 0 Å². The van der Waals surface area contributed by atoms with Crippen LogP contribution in [0.4, 0.5) is 0 Å². The van der Waals surface area contributed by atoms with Crippen molar-refractivity contribution in [3.8, 4) is 6.07 Å². The zero-order chi connectivity index (χ0) is 13.7. The molecule has 0 aliphatic heterocycles. The van der Waals surface area contributed by atoms with Crippen molar-refractivity contribution in [2.45, 2.75) is 51.9 Å². The number of nitrogens with zero attached hydrogens (tertiary/aromatic N) is 3. The van der Waals surface area contributed by atoms with E-state index in [0.29, 0.717) is 11.8 Å². The van der Waals surface area contributed by atoms with Crippen LogP contribution in [-0.2, 0) is 0 Å². The van der Waals surface area contributed by atoms with Crippen molar-refractivity contribution >= 4 is 11.8 Å². The monoisotopic (exact) mass is 264 g/mol. The van der Waals surface area contributed by atoms with Gasteiger partial charge >= 0.3 is 0 Å². The number of rotatable bonds is 5. The summed E-state index contributed by atoms with van der Waals surface area (Å²) in [5.41, 5.74) is 3.15. The molecule has 0 aromatic carbocycles. The Morgan fingerprint density at radius 2 is 1.78 bits per heavy atom. The first-order valence-corrected chi connectivity index (χ1v) is 7.03. The number of aromatic nitrogens is 2. The van der Waals surface area contributed by atoms with Gasteiger partial charge in [-0.15, -0.1) is 0 Å². The molecule has 1 unspecified atom stereocenters. The van der Waals surface area contributed by atoms with Crippen LogP contribution in [0.2, 0.25) is 0 Å². The highest BCUT2D eigenvalue weighted by Crippen LogP contribution is 2.17. The van der Waals surface area contributed by atoms with Crippen molar-refractivity contribution in [1.82, 2.24) is 15.3 Å². The van der Waals surface area contributed by atoms with Gasteiger partial charge in [-0.2, -0.15) is 5.26 Å². The van der Waals surface area contributed by atoms with Gasteiger partial charge < -0.3 is 0 Å². The van der Waals surface area contributed by atoms with E-state index in [4.69, 9.17) is 5.26 Å². The van der Waals surface area contributed by atoms with Crippen LogP contribution in [0.5, 0.6) is 0 Å². The number of nitriles is 1. The van der Waals surface area contributed by atoms with Gasteiger partial charge in [0, 0.05) is 23.2 Å². The van der Waals surface area contributed by atoms with Crippen LogP contribution in [0.3, 0.4) is 0 Å². The van der Waals surface area contributed by atoms with E-state index in [2.05, 4.69) is 21.4 Å². The zero-order valence-electron chi connectivity index (χ0n) is 11.6. The first kappa shape index (κ1) is 14.9. The average Bonchev–Trinajstić information content (AvgIpc) is 2.30. The van der Waals surface area contributed by atoms with E-state index < -0.39 is 0 Å². The molecule has 0 amide bonds. The first-order valence-electron chi connectivity index (χ1n) is 6.04. The Morgan fingerprint density at radius 3 is 2.22 bits per heavy atom. The number of nitrogens with one attached hydrogen (secondary N) is 1. The van der Waals surface area contributed by atoms with Gasteiger partial charge in [0.1, 0.15) is 6.04 Å². The van der Waals surface area contributed by atoms with E-state index in [0.717, 1.165) is 22.1 Å². The molecular weight excluding hydrogens is 244 g/mol. The molecule has 1 rings (SSSR count). The molecule has 18 heavy (non-hydrogen) atoms. The lowest BCUT2D eigenvalue weighted by Gasteiger charge is -2.14. The van der Waals surface area contributed by atoms with E-state index >= 15 is 0 Å². The van der Waals surface area contributed by atoms with Crippen LogP contribution in [0.1, 0.15) is 30.8 Å². The van der Waals surface area contributed by atoms with Crippen LogP contribution < -0.4 is 5.32 Å². The summed E-state index contributed by atoms with van der Waals surface area (Å²) in [6, 6.07) is 2.39. The standard InChI is InChI=1S/C13H20N4S/c1-8(2)15-12(6-14)7-18-13-16-10(4)9(3)11(5)17-13/h8,12,15H,7H2,1-5H3. The SMILES string of the molecule is Cc1nc(SCC(C#N)NC(C)C)nc(C)c1C. The summed E-state index contributed by atoms with van der Waals surface area (Å²) in [6.07, 6.45) is 0. The second-order valence-corrected chi connectivity index (χ2v) is 5.60. The lowest BCUT2D eigenvalue weighted by Crippen LogP contribution is -2.35. The Labute approximate surface area is 113 Å².